The molecule has 126 valence electrons. The SMILES string of the molecule is CC(C)C(C)c1cc(F)ccc1CO.Cc1cc(Br)cnc1N. The molecule has 2 aromatic rings. The molecule has 2 rings (SSSR count). The minimum atomic E-state index is -0.232. The number of aliphatic hydroxyl groups is 1. The molecule has 23 heavy (non-hydrogen) atoms. The van der Waals surface area contributed by atoms with Gasteiger partial charge >= 0.3 is 0 Å². The Hall–Kier alpha value is -1.46. The zero-order valence-electron chi connectivity index (χ0n) is 14.0. The molecule has 0 amide bonds. The second-order valence-electron chi connectivity index (χ2n) is 5.89. The summed E-state index contributed by atoms with van der Waals surface area (Å²) >= 11 is 3.28. The molecule has 1 atom stereocenters. The van der Waals surface area contributed by atoms with Crippen molar-refractivity contribution in [3.05, 3.63) is 57.4 Å². The smallest absolute Gasteiger partial charge is 0.126 e. The van der Waals surface area contributed by atoms with Gasteiger partial charge in [0.2, 0.25) is 0 Å². The molecular weight excluding hydrogens is 359 g/mol. The maximum atomic E-state index is 13.0. The maximum Gasteiger partial charge on any atom is 0.126 e. The summed E-state index contributed by atoms with van der Waals surface area (Å²) in [5, 5.41) is 9.12. The first-order valence-corrected chi connectivity index (χ1v) is 8.32. The van der Waals surface area contributed by atoms with Gasteiger partial charge in [0.25, 0.3) is 0 Å². The lowest BCUT2D eigenvalue weighted by molar-refractivity contribution is 0.279. The highest BCUT2D eigenvalue weighted by atomic mass is 79.9. The Morgan fingerprint density at radius 1 is 1.26 bits per heavy atom. The molecular formula is C18H24BrFN2O. The van der Waals surface area contributed by atoms with Crippen LogP contribution in [0.5, 0.6) is 0 Å². The van der Waals surface area contributed by atoms with Gasteiger partial charge in [-0.2, -0.15) is 0 Å². The number of halogens is 2. The number of rotatable bonds is 3. The molecule has 5 heteroatoms. The van der Waals surface area contributed by atoms with Crippen molar-refractivity contribution < 1.29 is 9.50 Å². The fourth-order valence-corrected chi connectivity index (χ4v) is 2.49. The van der Waals surface area contributed by atoms with E-state index in [2.05, 4.69) is 41.7 Å². The molecule has 0 fully saturated rings. The summed E-state index contributed by atoms with van der Waals surface area (Å²) in [7, 11) is 0. The number of aromatic nitrogens is 1. The Morgan fingerprint density at radius 2 is 1.91 bits per heavy atom. The van der Waals surface area contributed by atoms with Gasteiger partial charge in [-0.25, -0.2) is 9.37 Å². The molecule has 3 nitrogen and oxygen atoms in total. The van der Waals surface area contributed by atoms with Crippen LogP contribution in [0.2, 0.25) is 0 Å². The second kappa shape index (κ2) is 8.99. The van der Waals surface area contributed by atoms with Crippen LogP contribution in [0.1, 0.15) is 43.4 Å². The molecule has 1 unspecified atom stereocenters. The van der Waals surface area contributed by atoms with Crippen molar-refractivity contribution in [2.24, 2.45) is 5.92 Å². The first-order valence-electron chi connectivity index (χ1n) is 7.53. The van der Waals surface area contributed by atoms with Gasteiger partial charge < -0.3 is 10.8 Å². The number of nitrogens with two attached hydrogens (primary N) is 1. The number of pyridine rings is 1. The zero-order chi connectivity index (χ0) is 17.6. The summed E-state index contributed by atoms with van der Waals surface area (Å²) in [5.74, 6) is 1.08. The van der Waals surface area contributed by atoms with E-state index >= 15 is 0 Å². The minimum Gasteiger partial charge on any atom is -0.392 e. The number of nitrogens with zero attached hydrogens (tertiary/aromatic N) is 1. The third kappa shape index (κ3) is 5.92. The van der Waals surface area contributed by atoms with Gasteiger partial charge in [-0.05, 0) is 69.6 Å². The Kier molecular flexibility index (Phi) is 7.65. The molecule has 3 N–H and O–H groups in total. The molecule has 1 aromatic carbocycles. The van der Waals surface area contributed by atoms with E-state index in [1.54, 1.807) is 12.3 Å². The van der Waals surface area contributed by atoms with Crippen molar-refractivity contribution >= 4 is 21.7 Å². The maximum absolute atomic E-state index is 13.0. The Labute approximate surface area is 145 Å². The number of aryl methyl sites for hydroxylation is 1. The highest BCUT2D eigenvalue weighted by molar-refractivity contribution is 9.10. The van der Waals surface area contributed by atoms with Crippen LogP contribution in [-0.4, -0.2) is 10.1 Å². The number of hydrogen-bond donors (Lipinski definition) is 2. The van der Waals surface area contributed by atoms with E-state index in [0.29, 0.717) is 11.7 Å². The van der Waals surface area contributed by atoms with Crippen molar-refractivity contribution in [1.29, 1.82) is 0 Å². The average Bonchev–Trinajstić information content (AvgIpc) is 2.51. The zero-order valence-corrected chi connectivity index (χ0v) is 15.6. The van der Waals surface area contributed by atoms with Crippen LogP contribution in [0.25, 0.3) is 0 Å². The second-order valence-corrected chi connectivity index (χ2v) is 6.81. The third-order valence-corrected chi connectivity index (χ3v) is 4.29. The number of nitrogen functional groups attached to an aromatic ring is 1. The van der Waals surface area contributed by atoms with Crippen molar-refractivity contribution in [2.75, 3.05) is 5.73 Å². The van der Waals surface area contributed by atoms with Gasteiger partial charge in [0.1, 0.15) is 11.6 Å². The van der Waals surface area contributed by atoms with E-state index in [1.165, 1.54) is 12.1 Å². The van der Waals surface area contributed by atoms with E-state index < -0.39 is 0 Å². The molecule has 1 heterocycles. The Balaban J connectivity index is 0.000000253. The number of anilines is 1. The van der Waals surface area contributed by atoms with Crippen LogP contribution < -0.4 is 5.73 Å². The summed E-state index contributed by atoms with van der Waals surface area (Å²) in [6.45, 7) is 8.14. The van der Waals surface area contributed by atoms with Crippen LogP contribution in [0, 0.1) is 18.7 Å². The molecule has 0 aliphatic heterocycles. The lowest BCUT2D eigenvalue weighted by Gasteiger charge is -2.19. The van der Waals surface area contributed by atoms with Gasteiger partial charge in [0, 0.05) is 10.7 Å². The van der Waals surface area contributed by atoms with Gasteiger partial charge in [-0.1, -0.05) is 26.8 Å². The molecule has 1 aromatic heterocycles. The Bertz CT molecular complexity index is 647. The summed E-state index contributed by atoms with van der Waals surface area (Å²) < 4.78 is 14.0. The molecule has 0 radical (unpaired) electrons. The average molecular weight is 383 g/mol. The van der Waals surface area contributed by atoms with E-state index in [9.17, 15) is 4.39 Å². The van der Waals surface area contributed by atoms with E-state index in [4.69, 9.17) is 10.8 Å². The predicted octanol–water partition coefficient (Wildman–Crippen LogP) is 4.81. The monoisotopic (exact) mass is 382 g/mol. The van der Waals surface area contributed by atoms with Crippen LogP contribution in [-0.2, 0) is 6.61 Å². The largest absolute Gasteiger partial charge is 0.392 e. The molecule has 0 saturated heterocycles. The highest BCUT2D eigenvalue weighted by Crippen LogP contribution is 2.27. The first kappa shape index (κ1) is 19.6. The normalized spacial score (nSPS) is 11.8. The molecule has 0 aliphatic rings. The van der Waals surface area contributed by atoms with E-state index in [1.807, 2.05) is 13.0 Å². The lowest BCUT2D eigenvalue weighted by atomic mass is 9.87. The standard InChI is InChI=1S/C12H17FO.C6H7BrN2/c1-8(2)9(3)12-6-11(13)5-4-10(12)7-14;1-4-2-5(7)3-9-6(4)8/h4-6,8-9,14H,7H2,1-3H3;2-3H,1H3,(H2,8,9). The summed E-state index contributed by atoms with van der Waals surface area (Å²) in [6.07, 6.45) is 1.68. The fourth-order valence-electron chi connectivity index (χ4n) is 2.04. The van der Waals surface area contributed by atoms with Crippen LogP contribution in [0.3, 0.4) is 0 Å². The van der Waals surface area contributed by atoms with Gasteiger partial charge in [-0.3, -0.25) is 0 Å². The van der Waals surface area contributed by atoms with Crippen LogP contribution in [0.15, 0.2) is 34.9 Å². The molecule has 0 saturated carbocycles. The first-order chi connectivity index (χ1) is 10.8. The van der Waals surface area contributed by atoms with Crippen molar-refractivity contribution in [2.45, 2.75) is 40.2 Å². The van der Waals surface area contributed by atoms with Crippen molar-refractivity contribution in [1.82, 2.24) is 4.98 Å². The van der Waals surface area contributed by atoms with Crippen molar-refractivity contribution in [3.63, 3.8) is 0 Å². The van der Waals surface area contributed by atoms with E-state index in [0.717, 1.165) is 21.2 Å². The third-order valence-electron chi connectivity index (χ3n) is 3.85. The summed E-state index contributed by atoms with van der Waals surface area (Å²) in [4.78, 5) is 3.91. The topological polar surface area (TPSA) is 59.1 Å². The molecule has 0 bridgehead atoms. The summed E-state index contributed by atoms with van der Waals surface area (Å²) in [5.41, 5.74) is 8.21. The number of benzene rings is 1. The fraction of sp³-hybridized carbons (Fsp3) is 0.389. The number of aliphatic hydroxyl groups excluding tert-OH is 1. The number of hydrogen-bond acceptors (Lipinski definition) is 3. The van der Waals surface area contributed by atoms with E-state index in [-0.39, 0.29) is 18.3 Å². The molecule has 0 aliphatic carbocycles. The summed E-state index contributed by atoms with van der Waals surface area (Å²) in [6, 6.07) is 6.50. The quantitative estimate of drug-likeness (QED) is 0.800. The predicted molar refractivity (Wildman–Crippen MR) is 96.7 cm³/mol. The van der Waals surface area contributed by atoms with Gasteiger partial charge in [-0.15, -0.1) is 0 Å². The van der Waals surface area contributed by atoms with Gasteiger partial charge in [0.05, 0.1) is 6.61 Å². The van der Waals surface area contributed by atoms with Gasteiger partial charge in [0.15, 0.2) is 0 Å². The highest BCUT2D eigenvalue weighted by Gasteiger charge is 2.14. The van der Waals surface area contributed by atoms with Crippen LogP contribution in [0.4, 0.5) is 10.2 Å². The van der Waals surface area contributed by atoms with Crippen molar-refractivity contribution in [3.8, 4) is 0 Å². The Morgan fingerprint density at radius 3 is 2.39 bits per heavy atom. The van der Waals surface area contributed by atoms with Crippen LogP contribution >= 0.6 is 15.9 Å². The lowest BCUT2D eigenvalue weighted by Crippen LogP contribution is -2.06. The molecule has 0 spiro atoms. The minimum absolute atomic E-state index is 0.0212.